The SMILES string of the molecule is c1ccc(CNCCCc2cccc3c2Nc2ccccc2O3)cc1. The molecule has 0 bridgehead atoms. The van der Waals surface area contributed by atoms with E-state index >= 15 is 0 Å². The molecule has 3 aromatic rings. The van der Waals surface area contributed by atoms with Gasteiger partial charge in [-0.2, -0.15) is 0 Å². The second-order valence-corrected chi connectivity index (χ2v) is 6.28. The van der Waals surface area contributed by atoms with E-state index in [1.807, 2.05) is 24.3 Å². The van der Waals surface area contributed by atoms with Gasteiger partial charge in [0.05, 0.1) is 11.4 Å². The maximum absolute atomic E-state index is 6.03. The molecule has 1 heterocycles. The van der Waals surface area contributed by atoms with Crippen LogP contribution in [0.3, 0.4) is 0 Å². The molecular formula is C22H22N2O. The number of anilines is 2. The van der Waals surface area contributed by atoms with E-state index in [0.717, 1.165) is 48.8 Å². The molecule has 3 nitrogen and oxygen atoms in total. The Morgan fingerprint density at radius 1 is 0.800 bits per heavy atom. The number of aryl methyl sites for hydroxylation is 1. The van der Waals surface area contributed by atoms with Gasteiger partial charge in [0.1, 0.15) is 0 Å². The molecule has 0 amide bonds. The van der Waals surface area contributed by atoms with Gasteiger partial charge >= 0.3 is 0 Å². The number of benzene rings is 3. The summed E-state index contributed by atoms with van der Waals surface area (Å²) in [4.78, 5) is 0. The van der Waals surface area contributed by atoms with Crippen LogP contribution >= 0.6 is 0 Å². The van der Waals surface area contributed by atoms with Crippen LogP contribution in [-0.2, 0) is 13.0 Å². The first-order chi connectivity index (χ1) is 12.4. The normalized spacial score (nSPS) is 11.8. The molecule has 0 unspecified atom stereocenters. The molecule has 1 aliphatic heterocycles. The lowest BCUT2D eigenvalue weighted by Crippen LogP contribution is -2.15. The lowest BCUT2D eigenvalue weighted by Gasteiger charge is -2.24. The minimum Gasteiger partial charge on any atom is -0.453 e. The molecule has 126 valence electrons. The van der Waals surface area contributed by atoms with Crippen LogP contribution in [0.2, 0.25) is 0 Å². The van der Waals surface area contributed by atoms with Crippen molar-refractivity contribution in [3.63, 3.8) is 0 Å². The van der Waals surface area contributed by atoms with Gasteiger partial charge in [0.15, 0.2) is 11.5 Å². The molecular weight excluding hydrogens is 308 g/mol. The van der Waals surface area contributed by atoms with Crippen molar-refractivity contribution in [1.29, 1.82) is 0 Å². The topological polar surface area (TPSA) is 33.3 Å². The van der Waals surface area contributed by atoms with Crippen molar-refractivity contribution in [1.82, 2.24) is 5.32 Å². The standard InChI is InChI=1S/C22H22N2O/c1-2-8-17(9-3-1)16-23-15-7-11-18-10-6-14-21-22(18)24-19-12-4-5-13-20(19)25-21/h1-6,8-10,12-14,23-24H,7,11,15-16H2. The fraction of sp³-hybridized carbons (Fsp3) is 0.182. The Balaban J connectivity index is 1.35. The van der Waals surface area contributed by atoms with Crippen LogP contribution in [0.5, 0.6) is 11.5 Å². The molecule has 0 saturated heterocycles. The van der Waals surface area contributed by atoms with Crippen molar-refractivity contribution in [3.8, 4) is 11.5 Å². The fourth-order valence-corrected chi connectivity index (χ4v) is 3.16. The van der Waals surface area contributed by atoms with Crippen molar-refractivity contribution in [2.75, 3.05) is 11.9 Å². The molecule has 0 atom stereocenters. The highest BCUT2D eigenvalue weighted by Crippen LogP contribution is 2.43. The van der Waals surface area contributed by atoms with E-state index in [4.69, 9.17) is 4.74 Å². The highest BCUT2D eigenvalue weighted by atomic mass is 16.5. The van der Waals surface area contributed by atoms with Crippen molar-refractivity contribution in [3.05, 3.63) is 83.9 Å². The summed E-state index contributed by atoms with van der Waals surface area (Å²) in [5.74, 6) is 1.80. The summed E-state index contributed by atoms with van der Waals surface area (Å²) in [6, 6.07) is 24.9. The molecule has 4 rings (SSSR count). The fourth-order valence-electron chi connectivity index (χ4n) is 3.16. The minimum absolute atomic E-state index is 0.886. The third-order valence-corrected chi connectivity index (χ3v) is 4.45. The molecule has 0 aliphatic carbocycles. The van der Waals surface area contributed by atoms with Crippen LogP contribution in [0.25, 0.3) is 0 Å². The quantitative estimate of drug-likeness (QED) is 0.473. The van der Waals surface area contributed by atoms with E-state index in [9.17, 15) is 0 Å². The van der Waals surface area contributed by atoms with Gasteiger partial charge in [-0.3, -0.25) is 0 Å². The lowest BCUT2D eigenvalue weighted by atomic mass is 10.0. The number of rotatable bonds is 6. The van der Waals surface area contributed by atoms with Gasteiger partial charge in [-0.15, -0.1) is 0 Å². The summed E-state index contributed by atoms with van der Waals surface area (Å²) >= 11 is 0. The van der Waals surface area contributed by atoms with Gasteiger partial charge in [-0.25, -0.2) is 0 Å². The summed E-state index contributed by atoms with van der Waals surface area (Å²) in [6.07, 6.45) is 2.11. The minimum atomic E-state index is 0.886. The summed E-state index contributed by atoms with van der Waals surface area (Å²) in [5, 5.41) is 7.05. The molecule has 0 spiro atoms. The Hall–Kier alpha value is -2.78. The number of ether oxygens (including phenoxy) is 1. The van der Waals surface area contributed by atoms with E-state index in [1.54, 1.807) is 0 Å². The highest BCUT2D eigenvalue weighted by Gasteiger charge is 2.18. The maximum Gasteiger partial charge on any atom is 0.151 e. The second-order valence-electron chi connectivity index (χ2n) is 6.28. The largest absolute Gasteiger partial charge is 0.453 e. The summed E-state index contributed by atoms with van der Waals surface area (Å²) in [6.45, 7) is 1.92. The van der Waals surface area contributed by atoms with Gasteiger partial charge in [-0.05, 0) is 48.7 Å². The van der Waals surface area contributed by atoms with Crippen molar-refractivity contribution < 1.29 is 4.74 Å². The second kappa shape index (κ2) is 7.41. The van der Waals surface area contributed by atoms with E-state index in [2.05, 4.69) is 59.2 Å². The van der Waals surface area contributed by atoms with Gasteiger partial charge in [-0.1, -0.05) is 54.6 Å². The van der Waals surface area contributed by atoms with Gasteiger partial charge < -0.3 is 15.4 Å². The van der Waals surface area contributed by atoms with E-state index in [0.29, 0.717) is 0 Å². The monoisotopic (exact) mass is 330 g/mol. The zero-order valence-electron chi connectivity index (χ0n) is 14.2. The van der Waals surface area contributed by atoms with Crippen LogP contribution in [0.1, 0.15) is 17.5 Å². The molecule has 2 N–H and O–H groups in total. The predicted molar refractivity (Wildman–Crippen MR) is 103 cm³/mol. The summed E-state index contributed by atoms with van der Waals surface area (Å²) in [7, 11) is 0. The lowest BCUT2D eigenvalue weighted by molar-refractivity contribution is 0.480. The van der Waals surface area contributed by atoms with E-state index < -0.39 is 0 Å². The van der Waals surface area contributed by atoms with Gasteiger partial charge in [0.2, 0.25) is 0 Å². The first-order valence-electron chi connectivity index (χ1n) is 8.80. The van der Waals surface area contributed by atoms with Crippen LogP contribution in [0.15, 0.2) is 72.8 Å². The molecule has 3 heteroatoms. The zero-order valence-corrected chi connectivity index (χ0v) is 14.2. The van der Waals surface area contributed by atoms with Gasteiger partial charge in [0.25, 0.3) is 0 Å². The van der Waals surface area contributed by atoms with Crippen molar-refractivity contribution >= 4 is 11.4 Å². The summed E-state index contributed by atoms with van der Waals surface area (Å²) < 4.78 is 6.03. The molecule has 0 saturated carbocycles. The molecule has 3 aromatic carbocycles. The van der Waals surface area contributed by atoms with E-state index in [-0.39, 0.29) is 0 Å². The molecule has 25 heavy (non-hydrogen) atoms. The number of para-hydroxylation sites is 3. The smallest absolute Gasteiger partial charge is 0.151 e. The maximum atomic E-state index is 6.03. The number of hydrogen-bond donors (Lipinski definition) is 2. The van der Waals surface area contributed by atoms with Crippen LogP contribution in [0.4, 0.5) is 11.4 Å². The third kappa shape index (κ3) is 3.67. The molecule has 0 aromatic heterocycles. The van der Waals surface area contributed by atoms with E-state index in [1.165, 1.54) is 11.1 Å². The Labute approximate surface area is 148 Å². The predicted octanol–water partition coefficient (Wildman–Crippen LogP) is 5.26. The molecule has 1 aliphatic rings. The molecule has 0 radical (unpaired) electrons. The number of fused-ring (bicyclic) bond motifs is 2. The van der Waals surface area contributed by atoms with Crippen LogP contribution in [-0.4, -0.2) is 6.54 Å². The zero-order chi connectivity index (χ0) is 16.9. The summed E-state index contributed by atoms with van der Waals surface area (Å²) in [5.41, 5.74) is 4.76. The highest BCUT2D eigenvalue weighted by molar-refractivity contribution is 5.77. The van der Waals surface area contributed by atoms with Crippen molar-refractivity contribution in [2.45, 2.75) is 19.4 Å². The van der Waals surface area contributed by atoms with Crippen LogP contribution < -0.4 is 15.4 Å². The average molecular weight is 330 g/mol. The Morgan fingerprint density at radius 3 is 2.52 bits per heavy atom. The number of hydrogen-bond acceptors (Lipinski definition) is 3. The number of nitrogens with one attached hydrogen (secondary N) is 2. The Kier molecular flexibility index (Phi) is 4.66. The van der Waals surface area contributed by atoms with Crippen molar-refractivity contribution in [2.24, 2.45) is 0 Å². The van der Waals surface area contributed by atoms with Gasteiger partial charge in [0, 0.05) is 6.54 Å². The Bertz CT molecular complexity index is 846. The first kappa shape index (κ1) is 15.7. The molecule has 0 fully saturated rings. The average Bonchev–Trinajstić information content (AvgIpc) is 2.67. The van der Waals surface area contributed by atoms with Crippen LogP contribution in [0, 0.1) is 0 Å². The third-order valence-electron chi connectivity index (χ3n) is 4.45. The Morgan fingerprint density at radius 2 is 1.60 bits per heavy atom. The first-order valence-corrected chi connectivity index (χ1v) is 8.80.